The summed E-state index contributed by atoms with van der Waals surface area (Å²) in [7, 11) is 0. The fourth-order valence-electron chi connectivity index (χ4n) is 5.20. The van der Waals surface area contributed by atoms with Gasteiger partial charge in [0.25, 0.3) is 0 Å². The first kappa shape index (κ1) is 20.6. The molecule has 150 valence electrons. The summed E-state index contributed by atoms with van der Waals surface area (Å²) in [5.41, 5.74) is 8.41. The van der Waals surface area contributed by atoms with Gasteiger partial charge in [-0.25, -0.2) is 0 Å². The lowest BCUT2D eigenvalue weighted by molar-refractivity contribution is -0.122. The molecule has 0 aliphatic heterocycles. The van der Waals surface area contributed by atoms with Crippen LogP contribution in [0.2, 0.25) is 0 Å². The number of halogens is 1. The maximum Gasteiger partial charge on any atom is 0.227 e. The molecule has 3 N–H and O–H groups in total. The van der Waals surface area contributed by atoms with E-state index in [9.17, 15) is 4.79 Å². The van der Waals surface area contributed by atoms with Crippen molar-refractivity contribution in [1.82, 2.24) is 0 Å². The number of fused-ring (bicyclic) bond motifs is 2. The van der Waals surface area contributed by atoms with Gasteiger partial charge in [-0.15, -0.1) is 12.4 Å². The van der Waals surface area contributed by atoms with Gasteiger partial charge in [-0.05, 0) is 68.1 Å². The van der Waals surface area contributed by atoms with Gasteiger partial charge in [0.1, 0.15) is 0 Å². The summed E-state index contributed by atoms with van der Waals surface area (Å²) in [5.74, 6) is 1.36. The highest BCUT2D eigenvalue weighted by Crippen LogP contribution is 2.42. The van der Waals surface area contributed by atoms with E-state index in [4.69, 9.17) is 10.5 Å². The Bertz CT molecular complexity index is 601. The van der Waals surface area contributed by atoms with Crippen molar-refractivity contribution in [2.24, 2.45) is 23.5 Å². The van der Waals surface area contributed by atoms with Gasteiger partial charge in [-0.3, -0.25) is 4.79 Å². The number of nitrogens with two attached hydrogens (primary N) is 1. The van der Waals surface area contributed by atoms with Crippen molar-refractivity contribution in [3.8, 4) is 0 Å². The molecule has 2 atom stereocenters. The van der Waals surface area contributed by atoms with Gasteiger partial charge < -0.3 is 15.8 Å². The number of benzene rings is 1. The highest BCUT2D eigenvalue weighted by Gasteiger charge is 2.40. The van der Waals surface area contributed by atoms with Gasteiger partial charge in [-0.1, -0.05) is 31.4 Å². The highest BCUT2D eigenvalue weighted by molar-refractivity contribution is 5.92. The molecule has 3 aliphatic rings. The van der Waals surface area contributed by atoms with Crippen LogP contribution in [-0.2, 0) is 16.1 Å². The van der Waals surface area contributed by atoms with E-state index in [0.29, 0.717) is 30.6 Å². The molecule has 4 rings (SSSR count). The van der Waals surface area contributed by atoms with E-state index in [1.807, 2.05) is 12.1 Å². The summed E-state index contributed by atoms with van der Waals surface area (Å²) in [6.07, 6.45) is 11.0. The molecule has 1 amide bonds. The van der Waals surface area contributed by atoms with Crippen LogP contribution in [0.25, 0.3) is 0 Å². The van der Waals surface area contributed by atoms with E-state index in [1.165, 1.54) is 50.5 Å². The smallest absolute Gasteiger partial charge is 0.227 e. The van der Waals surface area contributed by atoms with Crippen LogP contribution in [0, 0.1) is 17.8 Å². The summed E-state index contributed by atoms with van der Waals surface area (Å²) in [4.78, 5) is 12.7. The average molecular weight is 393 g/mol. The number of rotatable bonds is 5. The van der Waals surface area contributed by atoms with Crippen molar-refractivity contribution in [2.45, 2.75) is 76.5 Å². The standard InChI is InChI=1S/C22H32N2O2.ClH/c23-21-16-4-3-5-17(21)13-18(12-16)22(25)24-19-10-8-15(9-11-19)14-26-20-6-1-2-7-20;/h8-11,16-18,20-21H,1-7,12-14,23H2,(H,24,25);1H. The van der Waals surface area contributed by atoms with Crippen molar-refractivity contribution in [2.75, 3.05) is 5.32 Å². The Labute approximate surface area is 169 Å². The first-order valence-electron chi connectivity index (χ1n) is 10.5. The number of carbonyl (C=O) groups is 1. The molecular formula is C22H33ClN2O2. The Morgan fingerprint density at radius 1 is 1.00 bits per heavy atom. The zero-order chi connectivity index (χ0) is 17.9. The highest BCUT2D eigenvalue weighted by atomic mass is 35.5. The Kier molecular flexibility index (Phi) is 7.18. The Morgan fingerprint density at radius 3 is 2.26 bits per heavy atom. The number of anilines is 1. The summed E-state index contributed by atoms with van der Waals surface area (Å²) >= 11 is 0. The molecule has 3 aliphatic carbocycles. The van der Waals surface area contributed by atoms with Crippen molar-refractivity contribution in [3.05, 3.63) is 29.8 Å². The lowest BCUT2D eigenvalue weighted by atomic mass is 9.65. The molecular weight excluding hydrogens is 360 g/mol. The number of carbonyl (C=O) groups excluding carboxylic acids is 1. The second-order valence-electron chi connectivity index (χ2n) is 8.60. The molecule has 27 heavy (non-hydrogen) atoms. The summed E-state index contributed by atoms with van der Waals surface area (Å²) in [6.45, 7) is 0.669. The maximum atomic E-state index is 12.7. The Balaban J connectivity index is 0.00000210. The van der Waals surface area contributed by atoms with Gasteiger partial charge in [-0.2, -0.15) is 0 Å². The van der Waals surface area contributed by atoms with E-state index < -0.39 is 0 Å². The molecule has 1 aromatic carbocycles. The molecule has 3 saturated carbocycles. The van der Waals surface area contributed by atoms with E-state index >= 15 is 0 Å². The van der Waals surface area contributed by atoms with Crippen LogP contribution >= 0.6 is 12.4 Å². The molecule has 0 radical (unpaired) electrons. The zero-order valence-corrected chi connectivity index (χ0v) is 16.9. The molecule has 2 unspecified atom stereocenters. The zero-order valence-electron chi connectivity index (χ0n) is 16.1. The summed E-state index contributed by atoms with van der Waals surface area (Å²) < 4.78 is 5.96. The fourth-order valence-corrected chi connectivity index (χ4v) is 5.20. The predicted octanol–water partition coefficient (Wildman–Crippen LogP) is 4.66. The van der Waals surface area contributed by atoms with Crippen LogP contribution in [-0.4, -0.2) is 18.1 Å². The third-order valence-corrected chi connectivity index (χ3v) is 6.79. The minimum absolute atomic E-state index is 0. The molecule has 3 fully saturated rings. The van der Waals surface area contributed by atoms with Crippen molar-refractivity contribution < 1.29 is 9.53 Å². The second-order valence-corrected chi connectivity index (χ2v) is 8.60. The second kappa shape index (κ2) is 9.40. The molecule has 4 nitrogen and oxygen atoms in total. The number of nitrogens with one attached hydrogen (secondary N) is 1. The normalized spacial score (nSPS) is 30.6. The molecule has 5 heteroatoms. The minimum atomic E-state index is 0. The van der Waals surface area contributed by atoms with E-state index in [2.05, 4.69) is 17.4 Å². The van der Waals surface area contributed by atoms with E-state index in [1.54, 1.807) is 0 Å². The van der Waals surface area contributed by atoms with Crippen LogP contribution in [0.3, 0.4) is 0 Å². The van der Waals surface area contributed by atoms with Crippen molar-refractivity contribution in [3.63, 3.8) is 0 Å². The predicted molar refractivity (Wildman–Crippen MR) is 111 cm³/mol. The molecule has 0 heterocycles. The molecule has 2 bridgehead atoms. The van der Waals surface area contributed by atoms with Gasteiger partial charge in [0.15, 0.2) is 0 Å². The largest absolute Gasteiger partial charge is 0.374 e. The summed E-state index contributed by atoms with van der Waals surface area (Å²) in [6, 6.07) is 8.44. The SMILES string of the molecule is Cl.NC1C2CCCC1CC(C(=O)Nc1ccc(COC3CCCC3)cc1)C2. The first-order chi connectivity index (χ1) is 12.7. The molecule has 0 saturated heterocycles. The van der Waals surface area contributed by atoms with Gasteiger partial charge in [0.2, 0.25) is 5.91 Å². The van der Waals surface area contributed by atoms with Gasteiger partial charge in [0, 0.05) is 17.6 Å². The summed E-state index contributed by atoms with van der Waals surface area (Å²) in [5, 5.41) is 3.12. The fraction of sp³-hybridized carbons (Fsp3) is 0.682. The topological polar surface area (TPSA) is 64.4 Å². The molecule has 0 aromatic heterocycles. The minimum Gasteiger partial charge on any atom is -0.374 e. The molecule has 0 spiro atoms. The van der Waals surface area contributed by atoms with Crippen LogP contribution in [0.1, 0.15) is 63.4 Å². The van der Waals surface area contributed by atoms with E-state index in [0.717, 1.165) is 18.5 Å². The van der Waals surface area contributed by atoms with Crippen LogP contribution in [0.5, 0.6) is 0 Å². The van der Waals surface area contributed by atoms with Crippen LogP contribution in [0.4, 0.5) is 5.69 Å². The van der Waals surface area contributed by atoms with Gasteiger partial charge in [0.05, 0.1) is 12.7 Å². The lowest BCUT2D eigenvalue weighted by Crippen LogP contribution is -2.48. The average Bonchev–Trinajstić information content (AvgIpc) is 3.14. The quantitative estimate of drug-likeness (QED) is 0.765. The number of amides is 1. The maximum absolute atomic E-state index is 12.7. The third kappa shape index (κ3) is 5.04. The molecule has 1 aromatic rings. The lowest BCUT2D eigenvalue weighted by Gasteiger charge is -2.43. The number of ether oxygens (including phenoxy) is 1. The van der Waals surface area contributed by atoms with Gasteiger partial charge >= 0.3 is 0 Å². The van der Waals surface area contributed by atoms with E-state index in [-0.39, 0.29) is 24.2 Å². The monoisotopic (exact) mass is 392 g/mol. The number of hydrogen-bond acceptors (Lipinski definition) is 3. The van der Waals surface area contributed by atoms with Crippen LogP contribution < -0.4 is 11.1 Å². The Hall–Kier alpha value is -1.10. The number of hydrogen-bond donors (Lipinski definition) is 2. The first-order valence-corrected chi connectivity index (χ1v) is 10.5. The van der Waals surface area contributed by atoms with Crippen molar-refractivity contribution >= 4 is 24.0 Å². The Morgan fingerprint density at radius 2 is 1.63 bits per heavy atom. The van der Waals surface area contributed by atoms with Crippen molar-refractivity contribution in [1.29, 1.82) is 0 Å². The van der Waals surface area contributed by atoms with Crippen LogP contribution in [0.15, 0.2) is 24.3 Å². The third-order valence-electron chi connectivity index (χ3n) is 6.79.